The molecule has 0 saturated carbocycles. The summed E-state index contributed by atoms with van der Waals surface area (Å²) in [5.41, 5.74) is 1.81. The Hall–Kier alpha value is -1.38. The Labute approximate surface area is 122 Å². The highest BCUT2D eigenvalue weighted by atomic mass is 35.5. The standard InChI is InChI=1S/C15H14Cl2O2/c1-18-12-9-8-11(15(19-2)14(12)17)13(16)10-6-4-3-5-7-10/h3-9,13H,1-2H3. The van der Waals surface area contributed by atoms with Crippen LogP contribution in [-0.4, -0.2) is 14.2 Å². The SMILES string of the molecule is COc1ccc(C(Cl)c2ccccc2)c(OC)c1Cl. The highest BCUT2D eigenvalue weighted by Gasteiger charge is 2.20. The van der Waals surface area contributed by atoms with Gasteiger partial charge in [0, 0.05) is 5.56 Å². The fourth-order valence-electron chi connectivity index (χ4n) is 1.92. The van der Waals surface area contributed by atoms with Crippen LogP contribution in [0, 0.1) is 0 Å². The third-order valence-corrected chi connectivity index (χ3v) is 3.73. The van der Waals surface area contributed by atoms with E-state index in [2.05, 4.69) is 0 Å². The van der Waals surface area contributed by atoms with Crippen LogP contribution in [0.15, 0.2) is 42.5 Å². The molecule has 0 radical (unpaired) electrons. The summed E-state index contributed by atoms with van der Waals surface area (Å²) in [7, 11) is 3.13. The molecule has 0 fully saturated rings. The van der Waals surface area contributed by atoms with Gasteiger partial charge in [-0.05, 0) is 17.7 Å². The van der Waals surface area contributed by atoms with Crippen LogP contribution in [0.3, 0.4) is 0 Å². The lowest BCUT2D eigenvalue weighted by Gasteiger charge is -2.17. The van der Waals surface area contributed by atoms with Crippen LogP contribution in [0.2, 0.25) is 5.02 Å². The summed E-state index contributed by atoms with van der Waals surface area (Å²) in [5.74, 6) is 1.11. The minimum absolute atomic E-state index is 0.320. The van der Waals surface area contributed by atoms with Gasteiger partial charge in [0.1, 0.15) is 16.5 Å². The average molecular weight is 297 g/mol. The third-order valence-electron chi connectivity index (χ3n) is 2.88. The van der Waals surface area contributed by atoms with Crippen LogP contribution < -0.4 is 9.47 Å². The summed E-state index contributed by atoms with van der Waals surface area (Å²) in [6.07, 6.45) is 0. The molecule has 0 bridgehead atoms. The molecular weight excluding hydrogens is 283 g/mol. The summed E-state index contributed by atoms with van der Waals surface area (Å²) >= 11 is 12.7. The Morgan fingerprint density at radius 3 is 2.21 bits per heavy atom. The maximum atomic E-state index is 6.50. The first-order chi connectivity index (χ1) is 9.19. The van der Waals surface area contributed by atoms with Crippen molar-refractivity contribution in [2.45, 2.75) is 5.38 Å². The Morgan fingerprint density at radius 1 is 0.947 bits per heavy atom. The molecule has 2 aromatic carbocycles. The number of alkyl halides is 1. The van der Waals surface area contributed by atoms with Crippen LogP contribution in [0.4, 0.5) is 0 Å². The lowest BCUT2D eigenvalue weighted by Crippen LogP contribution is -1.99. The number of halogens is 2. The van der Waals surface area contributed by atoms with Gasteiger partial charge in [-0.1, -0.05) is 41.9 Å². The molecule has 2 aromatic rings. The van der Waals surface area contributed by atoms with E-state index in [1.807, 2.05) is 36.4 Å². The van der Waals surface area contributed by atoms with Gasteiger partial charge in [-0.2, -0.15) is 0 Å². The first-order valence-corrected chi connectivity index (χ1v) is 6.60. The Bertz CT molecular complexity index is 556. The Kier molecular flexibility index (Phi) is 4.56. The molecule has 4 heteroatoms. The maximum absolute atomic E-state index is 6.50. The molecule has 19 heavy (non-hydrogen) atoms. The van der Waals surface area contributed by atoms with Crippen molar-refractivity contribution in [3.63, 3.8) is 0 Å². The summed E-state index contributed by atoms with van der Waals surface area (Å²) in [4.78, 5) is 0. The topological polar surface area (TPSA) is 18.5 Å². The van der Waals surface area contributed by atoms with Crippen molar-refractivity contribution in [2.24, 2.45) is 0 Å². The molecule has 0 aliphatic carbocycles. The fraction of sp³-hybridized carbons (Fsp3) is 0.200. The zero-order valence-corrected chi connectivity index (χ0v) is 12.2. The smallest absolute Gasteiger partial charge is 0.146 e. The van der Waals surface area contributed by atoms with E-state index in [1.165, 1.54) is 0 Å². The van der Waals surface area contributed by atoms with Crippen LogP contribution >= 0.6 is 23.2 Å². The molecule has 0 N–H and O–H groups in total. The van der Waals surface area contributed by atoms with Gasteiger partial charge in [0.2, 0.25) is 0 Å². The van der Waals surface area contributed by atoms with E-state index in [9.17, 15) is 0 Å². The lowest BCUT2D eigenvalue weighted by atomic mass is 10.0. The zero-order chi connectivity index (χ0) is 13.8. The summed E-state index contributed by atoms with van der Waals surface area (Å²) in [5, 5.41) is 0.114. The molecule has 100 valence electrons. The molecule has 0 amide bonds. The van der Waals surface area contributed by atoms with Gasteiger partial charge >= 0.3 is 0 Å². The predicted molar refractivity (Wildman–Crippen MR) is 78.7 cm³/mol. The number of hydrogen-bond acceptors (Lipinski definition) is 2. The first kappa shape index (κ1) is 14.0. The van der Waals surface area contributed by atoms with Gasteiger partial charge in [0.15, 0.2) is 0 Å². The van der Waals surface area contributed by atoms with Crippen LogP contribution in [-0.2, 0) is 0 Å². The average Bonchev–Trinajstić information content (AvgIpc) is 2.47. The van der Waals surface area contributed by atoms with Gasteiger partial charge in [-0.15, -0.1) is 11.6 Å². The van der Waals surface area contributed by atoms with Crippen LogP contribution in [0.1, 0.15) is 16.5 Å². The van der Waals surface area contributed by atoms with Gasteiger partial charge in [-0.25, -0.2) is 0 Å². The normalized spacial score (nSPS) is 12.0. The van der Waals surface area contributed by atoms with Crippen molar-refractivity contribution in [1.29, 1.82) is 0 Å². The van der Waals surface area contributed by atoms with E-state index in [4.69, 9.17) is 32.7 Å². The van der Waals surface area contributed by atoms with Gasteiger partial charge in [-0.3, -0.25) is 0 Å². The van der Waals surface area contributed by atoms with Crippen molar-refractivity contribution in [3.8, 4) is 11.5 Å². The van der Waals surface area contributed by atoms with Crippen molar-refractivity contribution < 1.29 is 9.47 Å². The fourth-order valence-corrected chi connectivity index (χ4v) is 2.56. The molecule has 2 nitrogen and oxygen atoms in total. The number of rotatable bonds is 4. The Balaban J connectivity index is 2.48. The third kappa shape index (κ3) is 2.80. The molecular formula is C15H14Cl2O2. The second-order valence-electron chi connectivity index (χ2n) is 3.98. The van der Waals surface area contributed by atoms with Gasteiger partial charge < -0.3 is 9.47 Å². The quantitative estimate of drug-likeness (QED) is 0.762. The predicted octanol–water partition coefficient (Wildman–Crippen LogP) is 4.69. The number of methoxy groups -OCH3 is 2. The second-order valence-corrected chi connectivity index (χ2v) is 4.79. The monoisotopic (exact) mass is 296 g/mol. The molecule has 1 unspecified atom stereocenters. The van der Waals surface area contributed by atoms with E-state index in [-0.39, 0.29) is 5.38 Å². The largest absolute Gasteiger partial charge is 0.495 e. The van der Waals surface area contributed by atoms with Crippen molar-refractivity contribution in [2.75, 3.05) is 14.2 Å². The summed E-state index contributed by atoms with van der Waals surface area (Å²) < 4.78 is 10.5. The minimum Gasteiger partial charge on any atom is -0.495 e. The zero-order valence-electron chi connectivity index (χ0n) is 10.7. The van der Waals surface area contributed by atoms with Crippen molar-refractivity contribution in [1.82, 2.24) is 0 Å². The van der Waals surface area contributed by atoms with Crippen LogP contribution in [0.5, 0.6) is 11.5 Å². The molecule has 0 heterocycles. The van der Waals surface area contributed by atoms with Gasteiger partial charge in [0.25, 0.3) is 0 Å². The minimum atomic E-state index is -0.320. The lowest BCUT2D eigenvalue weighted by molar-refractivity contribution is 0.392. The van der Waals surface area contributed by atoms with Gasteiger partial charge in [0.05, 0.1) is 19.6 Å². The second kappa shape index (κ2) is 6.18. The maximum Gasteiger partial charge on any atom is 0.146 e. The number of benzene rings is 2. The van der Waals surface area contributed by atoms with E-state index < -0.39 is 0 Å². The summed E-state index contributed by atoms with van der Waals surface area (Å²) in [6.45, 7) is 0. The number of hydrogen-bond donors (Lipinski definition) is 0. The molecule has 2 rings (SSSR count). The number of ether oxygens (including phenoxy) is 2. The molecule has 0 aromatic heterocycles. The molecule has 0 saturated heterocycles. The Morgan fingerprint density at radius 2 is 1.63 bits per heavy atom. The van der Waals surface area contributed by atoms with Crippen LogP contribution in [0.25, 0.3) is 0 Å². The van der Waals surface area contributed by atoms with E-state index >= 15 is 0 Å². The molecule has 0 aliphatic rings. The van der Waals surface area contributed by atoms with E-state index in [0.29, 0.717) is 16.5 Å². The van der Waals surface area contributed by atoms with E-state index in [1.54, 1.807) is 20.3 Å². The van der Waals surface area contributed by atoms with Crippen molar-refractivity contribution in [3.05, 3.63) is 58.6 Å². The molecule has 1 atom stereocenters. The van der Waals surface area contributed by atoms with E-state index in [0.717, 1.165) is 11.1 Å². The molecule has 0 spiro atoms. The highest BCUT2D eigenvalue weighted by molar-refractivity contribution is 6.34. The first-order valence-electron chi connectivity index (χ1n) is 5.78. The van der Waals surface area contributed by atoms with Crippen molar-refractivity contribution >= 4 is 23.2 Å². The molecule has 0 aliphatic heterocycles. The highest BCUT2D eigenvalue weighted by Crippen LogP contribution is 2.43. The summed E-state index contributed by atoms with van der Waals surface area (Å²) in [6, 6.07) is 13.4.